The van der Waals surface area contributed by atoms with E-state index in [1.54, 1.807) is 24.3 Å². The standard InChI is InChI=1S/C22H22BrNO5/c1-29-18-12-16(20(22(27)28)19(25)13-18)3-2-14-8-10-24(11-9-14)21(26)15-4-6-17(23)7-5-15/h2-7,12-14,25H,8-11H2,1H3,(H,27,28). The second-order valence-corrected chi connectivity index (χ2v) is 7.83. The number of rotatable bonds is 5. The van der Waals surface area contributed by atoms with E-state index in [1.807, 2.05) is 23.1 Å². The molecule has 29 heavy (non-hydrogen) atoms. The van der Waals surface area contributed by atoms with Gasteiger partial charge in [0.1, 0.15) is 17.1 Å². The summed E-state index contributed by atoms with van der Waals surface area (Å²) >= 11 is 3.37. The maximum Gasteiger partial charge on any atom is 0.340 e. The van der Waals surface area contributed by atoms with Crippen LogP contribution in [0.25, 0.3) is 6.08 Å². The average molecular weight is 460 g/mol. The zero-order valence-corrected chi connectivity index (χ0v) is 17.6. The molecule has 2 aromatic rings. The van der Waals surface area contributed by atoms with E-state index < -0.39 is 5.97 Å². The Bertz CT molecular complexity index is 931. The van der Waals surface area contributed by atoms with E-state index in [9.17, 15) is 19.8 Å². The number of allylic oxidation sites excluding steroid dienone is 1. The summed E-state index contributed by atoms with van der Waals surface area (Å²) < 4.78 is 6.05. The molecular weight excluding hydrogens is 438 g/mol. The Morgan fingerprint density at radius 3 is 2.41 bits per heavy atom. The van der Waals surface area contributed by atoms with Gasteiger partial charge in [0.15, 0.2) is 0 Å². The normalized spacial score (nSPS) is 14.9. The predicted octanol–water partition coefficient (Wildman–Crippen LogP) is 4.43. The van der Waals surface area contributed by atoms with Crippen LogP contribution in [0.1, 0.15) is 39.1 Å². The van der Waals surface area contributed by atoms with E-state index in [2.05, 4.69) is 15.9 Å². The van der Waals surface area contributed by atoms with Crippen molar-refractivity contribution < 1.29 is 24.5 Å². The van der Waals surface area contributed by atoms with Gasteiger partial charge in [0, 0.05) is 29.2 Å². The first-order valence-corrected chi connectivity index (χ1v) is 10.1. The van der Waals surface area contributed by atoms with E-state index in [0.29, 0.717) is 30.0 Å². The highest BCUT2D eigenvalue weighted by Crippen LogP contribution is 2.30. The van der Waals surface area contributed by atoms with Gasteiger partial charge in [0.25, 0.3) is 5.91 Å². The monoisotopic (exact) mass is 459 g/mol. The molecule has 3 rings (SSSR count). The summed E-state index contributed by atoms with van der Waals surface area (Å²) in [4.78, 5) is 25.9. The van der Waals surface area contributed by atoms with Gasteiger partial charge in [-0.2, -0.15) is 0 Å². The molecule has 1 heterocycles. The van der Waals surface area contributed by atoms with Crippen LogP contribution in [0.3, 0.4) is 0 Å². The molecule has 2 aromatic carbocycles. The lowest BCUT2D eigenvalue weighted by molar-refractivity contribution is 0.0687. The molecule has 7 heteroatoms. The Morgan fingerprint density at radius 2 is 1.83 bits per heavy atom. The minimum atomic E-state index is -1.19. The summed E-state index contributed by atoms with van der Waals surface area (Å²) in [7, 11) is 1.46. The van der Waals surface area contributed by atoms with Crippen LogP contribution in [0.2, 0.25) is 0 Å². The number of piperidine rings is 1. The average Bonchev–Trinajstić information content (AvgIpc) is 2.72. The Balaban J connectivity index is 1.67. The number of phenols is 1. The number of halogens is 1. The molecule has 1 amide bonds. The fraction of sp³-hybridized carbons (Fsp3) is 0.273. The highest BCUT2D eigenvalue weighted by Gasteiger charge is 2.23. The van der Waals surface area contributed by atoms with Crippen molar-refractivity contribution in [2.75, 3.05) is 20.2 Å². The molecule has 1 aliphatic rings. The number of aromatic carboxylic acids is 1. The third-order valence-electron chi connectivity index (χ3n) is 5.04. The molecule has 0 spiro atoms. The predicted molar refractivity (Wildman–Crippen MR) is 113 cm³/mol. The molecule has 6 nitrogen and oxygen atoms in total. The number of carboxylic acid groups (broad SMARTS) is 1. The van der Waals surface area contributed by atoms with Gasteiger partial charge in [-0.25, -0.2) is 4.79 Å². The number of nitrogens with zero attached hydrogens (tertiary/aromatic N) is 1. The molecule has 1 saturated heterocycles. The van der Waals surface area contributed by atoms with Crippen LogP contribution in [0, 0.1) is 5.92 Å². The molecule has 0 aromatic heterocycles. The van der Waals surface area contributed by atoms with Crippen molar-refractivity contribution in [1.82, 2.24) is 4.90 Å². The first kappa shape index (κ1) is 20.9. The van der Waals surface area contributed by atoms with Gasteiger partial charge in [0.05, 0.1) is 7.11 Å². The van der Waals surface area contributed by atoms with E-state index in [1.165, 1.54) is 13.2 Å². The van der Waals surface area contributed by atoms with Crippen molar-refractivity contribution in [2.45, 2.75) is 12.8 Å². The second-order valence-electron chi connectivity index (χ2n) is 6.91. The molecule has 0 bridgehead atoms. The quantitative estimate of drug-likeness (QED) is 0.690. The zero-order chi connectivity index (χ0) is 21.0. The fourth-order valence-electron chi connectivity index (χ4n) is 3.41. The summed E-state index contributed by atoms with van der Waals surface area (Å²) in [6, 6.07) is 10.2. The topological polar surface area (TPSA) is 87.1 Å². The highest BCUT2D eigenvalue weighted by atomic mass is 79.9. The van der Waals surface area contributed by atoms with Crippen LogP contribution in [0.15, 0.2) is 46.9 Å². The van der Waals surface area contributed by atoms with Crippen LogP contribution in [-0.4, -0.2) is 47.2 Å². The number of carbonyl (C=O) groups is 2. The smallest absolute Gasteiger partial charge is 0.340 e. The second kappa shape index (κ2) is 9.13. The molecule has 0 atom stereocenters. The van der Waals surface area contributed by atoms with Crippen molar-refractivity contribution in [2.24, 2.45) is 5.92 Å². The lowest BCUT2D eigenvalue weighted by Crippen LogP contribution is -2.38. The summed E-state index contributed by atoms with van der Waals surface area (Å²) in [5.74, 6) is -0.891. The van der Waals surface area contributed by atoms with Crippen molar-refractivity contribution in [3.05, 3.63) is 63.6 Å². The van der Waals surface area contributed by atoms with Crippen molar-refractivity contribution in [1.29, 1.82) is 0 Å². The molecular formula is C22H22BrNO5. The van der Waals surface area contributed by atoms with Crippen molar-refractivity contribution in [3.63, 3.8) is 0 Å². The highest BCUT2D eigenvalue weighted by molar-refractivity contribution is 9.10. The molecule has 152 valence electrons. The van der Waals surface area contributed by atoms with Crippen LogP contribution in [-0.2, 0) is 0 Å². The minimum absolute atomic E-state index is 0.0193. The van der Waals surface area contributed by atoms with Crippen LogP contribution in [0.4, 0.5) is 0 Å². The number of amides is 1. The maximum absolute atomic E-state index is 12.6. The Hall–Kier alpha value is -2.80. The summed E-state index contributed by atoms with van der Waals surface area (Å²) in [6.45, 7) is 1.28. The number of hydrogen-bond acceptors (Lipinski definition) is 4. The van der Waals surface area contributed by atoms with Crippen LogP contribution >= 0.6 is 15.9 Å². The number of carboxylic acids is 1. The molecule has 0 aliphatic carbocycles. The molecule has 0 saturated carbocycles. The van der Waals surface area contributed by atoms with E-state index >= 15 is 0 Å². The number of likely N-dealkylation sites (tertiary alicyclic amines) is 1. The molecule has 1 fully saturated rings. The molecule has 0 radical (unpaired) electrons. The largest absolute Gasteiger partial charge is 0.507 e. The van der Waals surface area contributed by atoms with Gasteiger partial charge in [-0.1, -0.05) is 28.1 Å². The molecule has 1 aliphatic heterocycles. The number of hydrogen-bond donors (Lipinski definition) is 2. The lowest BCUT2D eigenvalue weighted by Gasteiger charge is -2.30. The van der Waals surface area contributed by atoms with E-state index in [0.717, 1.165) is 17.3 Å². The molecule has 0 unspecified atom stereocenters. The number of aromatic hydroxyl groups is 1. The number of carbonyl (C=O) groups excluding carboxylic acids is 1. The first-order valence-electron chi connectivity index (χ1n) is 9.26. The Kier molecular flexibility index (Phi) is 6.59. The zero-order valence-electron chi connectivity index (χ0n) is 16.0. The minimum Gasteiger partial charge on any atom is -0.507 e. The third-order valence-corrected chi connectivity index (χ3v) is 5.57. The van der Waals surface area contributed by atoms with Crippen molar-refractivity contribution in [3.8, 4) is 11.5 Å². The Labute approximate surface area is 177 Å². The van der Waals surface area contributed by atoms with Crippen molar-refractivity contribution >= 4 is 33.9 Å². The van der Waals surface area contributed by atoms with E-state index in [4.69, 9.17) is 4.74 Å². The third kappa shape index (κ3) is 4.98. The molecule has 2 N–H and O–H groups in total. The summed E-state index contributed by atoms with van der Waals surface area (Å²) in [5.41, 5.74) is 0.910. The fourth-order valence-corrected chi connectivity index (χ4v) is 3.68. The van der Waals surface area contributed by atoms with Gasteiger partial charge in [0.2, 0.25) is 0 Å². The van der Waals surface area contributed by atoms with Gasteiger partial charge in [-0.15, -0.1) is 0 Å². The Morgan fingerprint density at radius 1 is 1.17 bits per heavy atom. The van der Waals surface area contributed by atoms with Gasteiger partial charge in [-0.05, 0) is 54.7 Å². The SMILES string of the molecule is COc1cc(O)c(C(=O)O)c(C=CC2CCN(C(=O)c3ccc(Br)cc3)CC2)c1. The lowest BCUT2D eigenvalue weighted by atomic mass is 9.94. The summed E-state index contributed by atoms with van der Waals surface area (Å²) in [6.07, 6.45) is 5.24. The van der Waals surface area contributed by atoms with Crippen LogP contribution < -0.4 is 4.74 Å². The van der Waals surface area contributed by atoms with Gasteiger partial charge in [-0.3, -0.25) is 4.79 Å². The number of ether oxygens (including phenoxy) is 1. The number of methoxy groups -OCH3 is 1. The summed E-state index contributed by atoms with van der Waals surface area (Å²) in [5, 5.41) is 19.4. The van der Waals surface area contributed by atoms with Crippen LogP contribution in [0.5, 0.6) is 11.5 Å². The van der Waals surface area contributed by atoms with Gasteiger partial charge < -0.3 is 19.8 Å². The first-order chi connectivity index (χ1) is 13.9. The van der Waals surface area contributed by atoms with E-state index in [-0.39, 0.29) is 23.1 Å². The van der Waals surface area contributed by atoms with Gasteiger partial charge >= 0.3 is 5.97 Å². The maximum atomic E-state index is 12.6. The number of benzene rings is 2.